The van der Waals surface area contributed by atoms with Crippen LogP contribution < -0.4 is 5.32 Å². The second-order valence-electron chi connectivity index (χ2n) is 8.00. The summed E-state index contributed by atoms with van der Waals surface area (Å²) < 4.78 is 0. The fourth-order valence-corrected chi connectivity index (χ4v) is 3.75. The lowest BCUT2D eigenvalue weighted by atomic mass is 9.74. The van der Waals surface area contributed by atoms with E-state index in [0.29, 0.717) is 21.8 Å². The summed E-state index contributed by atoms with van der Waals surface area (Å²) in [6, 6.07) is 13.0. The van der Waals surface area contributed by atoms with Crippen LogP contribution >= 0.6 is 11.6 Å². The Labute approximate surface area is 180 Å². The molecular formula is C22H26ClN3O4. The van der Waals surface area contributed by atoms with E-state index in [9.17, 15) is 19.8 Å². The van der Waals surface area contributed by atoms with Crippen LogP contribution in [0.2, 0.25) is 5.02 Å². The largest absolute Gasteiger partial charge is 0.387 e. The third-order valence-electron chi connectivity index (χ3n) is 5.58. The molecule has 3 amide bonds. The molecule has 0 unspecified atom stereocenters. The first-order valence-electron chi connectivity index (χ1n) is 9.62. The van der Waals surface area contributed by atoms with Crippen molar-refractivity contribution in [3.63, 3.8) is 0 Å². The summed E-state index contributed by atoms with van der Waals surface area (Å²) >= 11 is 6.21. The van der Waals surface area contributed by atoms with E-state index in [1.165, 1.54) is 15.9 Å². The van der Waals surface area contributed by atoms with Crippen molar-refractivity contribution in [2.75, 3.05) is 32.5 Å². The lowest BCUT2D eigenvalue weighted by molar-refractivity contribution is -0.179. The Hall–Kier alpha value is -2.61. The van der Waals surface area contributed by atoms with Crippen molar-refractivity contribution in [3.05, 3.63) is 64.7 Å². The van der Waals surface area contributed by atoms with Crippen LogP contribution in [0.25, 0.3) is 0 Å². The van der Waals surface area contributed by atoms with Crippen LogP contribution in [0.3, 0.4) is 0 Å². The zero-order valence-electron chi connectivity index (χ0n) is 17.2. The summed E-state index contributed by atoms with van der Waals surface area (Å²) in [5.74, 6) is -0.213. The Kier molecular flexibility index (Phi) is 6.08. The number of aliphatic hydroxyl groups is 2. The van der Waals surface area contributed by atoms with Gasteiger partial charge in [-0.25, -0.2) is 4.79 Å². The number of piperidine rings is 1. The number of urea groups is 1. The number of halogens is 1. The molecule has 3 rings (SSSR count). The summed E-state index contributed by atoms with van der Waals surface area (Å²) in [7, 11) is 3.28. The molecule has 0 radical (unpaired) electrons. The number of hydrogen-bond donors (Lipinski definition) is 3. The van der Waals surface area contributed by atoms with Crippen molar-refractivity contribution in [1.82, 2.24) is 9.80 Å². The van der Waals surface area contributed by atoms with E-state index in [1.807, 2.05) is 6.07 Å². The van der Waals surface area contributed by atoms with E-state index in [0.717, 1.165) is 0 Å². The monoisotopic (exact) mass is 431 g/mol. The maximum atomic E-state index is 12.9. The van der Waals surface area contributed by atoms with E-state index >= 15 is 0 Å². The van der Waals surface area contributed by atoms with Gasteiger partial charge in [0.05, 0.1) is 22.9 Å². The van der Waals surface area contributed by atoms with Gasteiger partial charge >= 0.3 is 6.03 Å². The first kappa shape index (κ1) is 22.1. The number of hydrogen-bond acceptors (Lipinski definition) is 4. The molecule has 0 aliphatic carbocycles. The first-order chi connectivity index (χ1) is 14.0. The normalized spacial score (nSPS) is 23.7. The molecule has 2 atom stereocenters. The molecule has 1 aliphatic heterocycles. The molecule has 0 aromatic heterocycles. The van der Waals surface area contributed by atoms with Gasteiger partial charge in [-0.2, -0.15) is 0 Å². The number of amides is 3. The van der Waals surface area contributed by atoms with Gasteiger partial charge in [0.15, 0.2) is 0 Å². The predicted octanol–water partition coefficient (Wildman–Crippen LogP) is 2.92. The summed E-state index contributed by atoms with van der Waals surface area (Å²) in [5.41, 5.74) is -1.81. The van der Waals surface area contributed by atoms with Crippen LogP contribution in [0.15, 0.2) is 48.5 Å². The molecule has 0 bridgehead atoms. The highest BCUT2D eigenvalue weighted by Gasteiger charge is 2.51. The molecule has 1 saturated heterocycles. The standard InChI is InChI=1S/C22H26ClN3O4/c1-21(29)11-12-26(14-22(21,30)16-7-5-4-6-8-16)20(28)24-18-13-15(9-10-17(18)23)19(27)25(2)3/h4-10,13,29-30H,11-12,14H2,1-3H3,(H,24,28)/t21-,22-/m1/s1. The summed E-state index contributed by atoms with van der Waals surface area (Å²) in [5, 5.41) is 25.2. The highest BCUT2D eigenvalue weighted by Crippen LogP contribution is 2.40. The SMILES string of the molecule is CN(C)C(=O)c1ccc(Cl)c(NC(=O)N2CC[C@@](C)(O)[C@](O)(c3ccccc3)C2)c1. The molecule has 1 aliphatic rings. The van der Waals surface area contributed by atoms with E-state index < -0.39 is 17.2 Å². The molecule has 0 spiro atoms. The van der Waals surface area contributed by atoms with Gasteiger partial charge in [0.2, 0.25) is 0 Å². The number of nitrogens with zero attached hydrogens (tertiary/aromatic N) is 2. The molecular weight excluding hydrogens is 406 g/mol. The number of anilines is 1. The fraction of sp³-hybridized carbons (Fsp3) is 0.364. The maximum absolute atomic E-state index is 12.9. The predicted molar refractivity (Wildman–Crippen MR) is 116 cm³/mol. The number of likely N-dealkylation sites (tertiary alicyclic amines) is 1. The number of nitrogens with one attached hydrogen (secondary N) is 1. The first-order valence-corrected chi connectivity index (χ1v) is 10.0. The molecule has 160 valence electrons. The van der Waals surface area contributed by atoms with Gasteiger partial charge in [-0.05, 0) is 37.1 Å². The lowest BCUT2D eigenvalue weighted by Gasteiger charge is -2.49. The van der Waals surface area contributed by atoms with Gasteiger partial charge in [0.1, 0.15) is 5.60 Å². The third-order valence-corrected chi connectivity index (χ3v) is 5.91. The Balaban J connectivity index is 1.83. The minimum Gasteiger partial charge on any atom is -0.387 e. The van der Waals surface area contributed by atoms with Crippen molar-refractivity contribution in [3.8, 4) is 0 Å². The van der Waals surface area contributed by atoms with Gasteiger partial charge in [0, 0.05) is 26.2 Å². The van der Waals surface area contributed by atoms with Crippen molar-refractivity contribution < 1.29 is 19.8 Å². The minimum atomic E-state index is -1.63. The highest BCUT2D eigenvalue weighted by molar-refractivity contribution is 6.33. The number of rotatable bonds is 3. The smallest absolute Gasteiger partial charge is 0.322 e. The Bertz CT molecular complexity index is 949. The molecule has 8 heteroatoms. The Morgan fingerprint density at radius 1 is 1.13 bits per heavy atom. The third kappa shape index (κ3) is 4.14. The Morgan fingerprint density at radius 2 is 1.80 bits per heavy atom. The van der Waals surface area contributed by atoms with Crippen LogP contribution in [0.5, 0.6) is 0 Å². The van der Waals surface area contributed by atoms with Gasteiger partial charge in [-0.15, -0.1) is 0 Å². The average Bonchev–Trinajstić information content (AvgIpc) is 2.71. The molecule has 30 heavy (non-hydrogen) atoms. The summed E-state index contributed by atoms with van der Waals surface area (Å²) in [4.78, 5) is 28.0. The van der Waals surface area contributed by atoms with Gasteiger partial charge in [-0.3, -0.25) is 4.79 Å². The minimum absolute atomic E-state index is 0.0935. The van der Waals surface area contributed by atoms with Crippen molar-refractivity contribution in [2.45, 2.75) is 24.5 Å². The number of carbonyl (C=O) groups excluding carboxylic acids is 2. The molecule has 3 N–H and O–H groups in total. The van der Waals surface area contributed by atoms with Crippen LogP contribution in [-0.2, 0) is 5.60 Å². The van der Waals surface area contributed by atoms with Gasteiger partial charge in [0.25, 0.3) is 5.91 Å². The van der Waals surface area contributed by atoms with E-state index in [4.69, 9.17) is 11.6 Å². The van der Waals surface area contributed by atoms with Gasteiger partial charge in [-0.1, -0.05) is 41.9 Å². The van der Waals surface area contributed by atoms with Crippen LogP contribution in [0.4, 0.5) is 10.5 Å². The maximum Gasteiger partial charge on any atom is 0.322 e. The quantitative estimate of drug-likeness (QED) is 0.696. The zero-order valence-corrected chi connectivity index (χ0v) is 18.0. The fourth-order valence-electron chi connectivity index (χ4n) is 3.58. The number of β-amino-alcohol motifs (C(OH)–C–C–N with tert-alkyl or cyclic N) is 1. The van der Waals surface area contributed by atoms with Crippen LogP contribution in [-0.4, -0.2) is 64.7 Å². The lowest BCUT2D eigenvalue weighted by Crippen LogP contribution is -2.62. The molecule has 7 nitrogen and oxygen atoms in total. The molecule has 2 aromatic rings. The van der Waals surface area contributed by atoms with Crippen LogP contribution in [0, 0.1) is 0 Å². The molecule has 1 fully saturated rings. The van der Waals surface area contributed by atoms with Crippen molar-refractivity contribution >= 4 is 29.2 Å². The van der Waals surface area contributed by atoms with Gasteiger partial charge < -0.3 is 25.3 Å². The second-order valence-corrected chi connectivity index (χ2v) is 8.40. The average molecular weight is 432 g/mol. The summed E-state index contributed by atoms with van der Waals surface area (Å²) in [6.07, 6.45) is 0.193. The molecule has 2 aromatic carbocycles. The van der Waals surface area contributed by atoms with E-state index in [-0.39, 0.29) is 25.4 Å². The molecule has 1 heterocycles. The van der Waals surface area contributed by atoms with Crippen molar-refractivity contribution in [2.24, 2.45) is 0 Å². The zero-order chi connectivity index (χ0) is 22.1. The number of benzene rings is 2. The molecule has 0 saturated carbocycles. The second kappa shape index (κ2) is 8.26. The van der Waals surface area contributed by atoms with E-state index in [1.54, 1.807) is 57.4 Å². The van der Waals surface area contributed by atoms with Crippen molar-refractivity contribution in [1.29, 1.82) is 0 Å². The van der Waals surface area contributed by atoms with E-state index in [2.05, 4.69) is 5.32 Å². The summed E-state index contributed by atoms with van der Waals surface area (Å²) in [6.45, 7) is 1.73. The Morgan fingerprint density at radius 3 is 2.43 bits per heavy atom. The highest BCUT2D eigenvalue weighted by atomic mass is 35.5. The topological polar surface area (TPSA) is 93.1 Å². The number of carbonyl (C=O) groups is 2. The van der Waals surface area contributed by atoms with Crippen LogP contribution in [0.1, 0.15) is 29.3 Å².